The molecule has 1 aromatic carbocycles. The first-order chi connectivity index (χ1) is 7.74. The second kappa shape index (κ2) is 4.72. The normalized spacial score (nSPS) is 25.3. The van der Waals surface area contributed by atoms with Gasteiger partial charge in [0.25, 0.3) is 0 Å². The smallest absolute Gasteiger partial charge is 0.326 e. The Kier molecular flexibility index (Phi) is 3.31. The Morgan fingerprint density at radius 1 is 1.25 bits per heavy atom. The molecule has 88 valence electrons. The maximum absolute atomic E-state index is 9.17. The maximum Gasteiger partial charge on any atom is 0.326 e. The predicted octanol–water partition coefficient (Wildman–Crippen LogP) is 2.27. The molecule has 1 unspecified atom stereocenters. The first-order valence-corrected chi connectivity index (χ1v) is 5.41. The molecule has 2 rings (SSSR count). The average Bonchev–Trinajstić information content (AvgIpc) is 2.33. The Morgan fingerprint density at radius 2 is 2.00 bits per heavy atom. The van der Waals surface area contributed by atoms with Crippen LogP contribution in [0.5, 0.6) is 11.5 Å². The lowest BCUT2D eigenvalue weighted by atomic mass is 10.2. The van der Waals surface area contributed by atoms with Crippen molar-refractivity contribution in [3.8, 4) is 11.5 Å². The molecule has 1 N–H and O–H groups in total. The lowest BCUT2D eigenvalue weighted by Crippen LogP contribution is -2.43. The molecule has 4 heteroatoms. The molecule has 1 aliphatic heterocycles. The Labute approximate surface area is 94.8 Å². The van der Waals surface area contributed by atoms with Crippen LogP contribution >= 0.6 is 0 Å². The molecular formula is C12H16O4. The van der Waals surface area contributed by atoms with E-state index in [1.165, 1.54) is 0 Å². The minimum absolute atomic E-state index is 0.211. The number of rotatable bonds is 3. The zero-order valence-electron chi connectivity index (χ0n) is 9.31. The molecule has 0 saturated carbocycles. The van der Waals surface area contributed by atoms with Crippen LogP contribution in [0, 0.1) is 0 Å². The fraction of sp³-hybridized carbons (Fsp3) is 0.500. The van der Waals surface area contributed by atoms with E-state index in [2.05, 4.69) is 0 Å². The van der Waals surface area contributed by atoms with Crippen LogP contribution in [-0.4, -0.2) is 24.8 Å². The second-order valence-corrected chi connectivity index (χ2v) is 3.79. The van der Waals surface area contributed by atoms with Gasteiger partial charge < -0.3 is 19.3 Å². The van der Waals surface area contributed by atoms with Gasteiger partial charge in [-0.1, -0.05) is 0 Å². The molecule has 1 atom stereocenters. The Bertz CT molecular complexity index is 327. The summed E-state index contributed by atoms with van der Waals surface area (Å²) in [7, 11) is 1.58. The number of hydrogen-bond donors (Lipinski definition) is 1. The highest BCUT2D eigenvalue weighted by atomic mass is 16.9. The van der Waals surface area contributed by atoms with Gasteiger partial charge in [0, 0.05) is 13.5 Å². The first kappa shape index (κ1) is 11.2. The van der Waals surface area contributed by atoms with Crippen molar-refractivity contribution < 1.29 is 19.3 Å². The fourth-order valence-corrected chi connectivity index (χ4v) is 1.72. The van der Waals surface area contributed by atoms with Crippen LogP contribution in [-0.2, 0) is 9.47 Å². The number of ether oxygens (including phenoxy) is 3. The molecule has 0 amide bonds. The van der Waals surface area contributed by atoms with Crippen molar-refractivity contribution in [1.29, 1.82) is 0 Å². The quantitative estimate of drug-likeness (QED) is 0.800. The number of phenolic OH excluding ortho intramolecular Hbond substituents is 1. The topological polar surface area (TPSA) is 47.9 Å². The van der Waals surface area contributed by atoms with E-state index in [9.17, 15) is 0 Å². The third kappa shape index (κ3) is 2.46. The molecule has 0 aromatic heterocycles. The lowest BCUT2D eigenvalue weighted by molar-refractivity contribution is -0.347. The molecule has 0 bridgehead atoms. The molecule has 1 fully saturated rings. The minimum atomic E-state index is -0.963. The zero-order chi connectivity index (χ0) is 11.4. The molecule has 1 aliphatic rings. The second-order valence-electron chi connectivity index (χ2n) is 3.79. The Morgan fingerprint density at radius 3 is 2.56 bits per heavy atom. The van der Waals surface area contributed by atoms with E-state index in [1.807, 2.05) is 0 Å². The summed E-state index contributed by atoms with van der Waals surface area (Å²) in [5.41, 5.74) is 0. The van der Waals surface area contributed by atoms with Gasteiger partial charge in [-0.25, -0.2) is 0 Å². The monoisotopic (exact) mass is 224 g/mol. The van der Waals surface area contributed by atoms with E-state index < -0.39 is 5.97 Å². The highest BCUT2D eigenvalue weighted by Gasteiger charge is 2.35. The van der Waals surface area contributed by atoms with Gasteiger partial charge in [0.2, 0.25) is 0 Å². The summed E-state index contributed by atoms with van der Waals surface area (Å²) >= 11 is 0. The molecule has 1 heterocycles. The van der Waals surface area contributed by atoms with Gasteiger partial charge in [0.15, 0.2) is 0 Å². The van der Waals surface area contributed by atoms with E-state index >= 15 is 0 Å². The molecule has 0 radical (unpaired) electrons. The molecule has 0 spiro atoms. The molecule has 16 heavy (non-hydrogen) atoms. The molecule has 0 aliphatic carbocycles. The minimum Gasteiger partial charge on any atom is -0.508 e. The Hall–Kier alpha value is -1.26. The number of hydrogen-bond acceptors (Lipinski definition) is 4. The van der Waals surface area contributed by atoms with Crippen LogP contribution < -0.4 is 4.74 Å². The van der Waals surface area contributed by atoms with E-state index in [0.29, 0.717) is 18.8 Å². The summed E-state index contributed by atoms with van der Waals surface area (Å²) in [6.45, 7) is 0.645. The summed E-state index contributed by atoms with van der Waals surface area (Å²) in [6.07, 6.45) is 2.76. The summed E-state index contributed by atoms with van der Waals surface area (Å²) in [4.78, 5) is 0. The number of aromatic hydroxyl groups is 1. The van der Waals surface area contributed by atoms with Crippen LogP contribution in [0.3, 0.4) is 0 Å². The van der Waals surface area contributed by atoms with Crippen LogP contribution in [0.2, 0.25) is 0 Å². The van der Waals surface area contributed by atoms with Gasteiger partial charge in [-0.3, -0.25) is 0 Å². The Balaban J connectivity index is 2.08. The molecular weight excluding hydrogens is 208 g/mol. The highest BCUT2D eigenvalue weighted by Crippen LogP contribution is 2.29. The van der Waals surface area contributed by atoms with E-state index in [0.717, 1.165) is 12.8 Å². The molecule has 1 aromatic rings. The van der Waals surface area contributed by atoms with E-state index in [-0.39, 0.29) is 5.75 Å². The van der Waals surface area contributed by atoms with Crippen LogP contribution in [0.15, 0.2) is 24.3 Å². The maximum atomic E-state index is 9.17. The summed E-state index contributed by atoms with van der Waals surface area (Å²) in [5.74, 6) is -0.125. The van der Waals surface area contributed by atoms with Crippen molar-refractivity contribution in [2.45, 2.75) is 25.2 Å². The van der Waals surface area contributed by atoms with Crippen LogP contribution in [0.1, 0.15) is 19.3 Å². The summed E-state index contributed by atoms with van der Waals surface area (Å²) in [6, 6.07) is 6.52. The van der Waals surface area contributed by atoms with Gasteiger partial charge in [-0.15, -0.1) is 0 Å². The van der Waals surface area contributed by atoms with Gasteiger partial charge in [0.05, 0.1) is 6.61 Å². The number of methoxy groups -OCH3 is 1. The third-order valence-electron chi connectivity index (χ3n) is 2.62. The van der Waals surface area contributed by atoms with Gasteiger partial charge in [-0.2, -0.15) is 0 Å². The summed E-state index contributed by atoms with van der Waals surface area (Å²) < 4.78 is 16.5. The van der Waals surface area contributed by atoms with Crippen molar-refractivity contribution in [2.24, 2.45) is 0 Å². The van der Waals surface area contributed by atoms with Gasteiger partial charge in [0.1, 0.15) is 11.5 Å². The highest BCUT2D eigenvalue weighted by molar-refractivity contribution is 5.30. The standard InChI is InChI=1S/C12H16O4/c1-14-12(8-2-3-9-15-12)16-11-6-4-10(13)5-7-11/h4-7,13H,2-3,8-9H2,1H3. The van der Waals surface area contributed by atoms with E-state index in [1.54, 1.807) is 31.4 Å². The number of phenols is 1. The third-order valence-corrected chi connectivity index (χ3v) is 2.62. The van der Waals surface area contributed by atoms with Crippen molar-refractivity contribution in [2.75, 3.05) is 13.7 Å². The predicted molar refractivity (Wildman–Crippen MR) is 58.3 cm³/mol. The van der Waals surface area contributed by atoms with Gasteiger partial charge >= 0.3 is 5.97 Å². The van der Waals surface area contributed by atoms with Crippen molar-refractivity contribution >= 4 is 0 Å². The summed E-state index contributed by atoms with van der Waals surface area (Å²) in [5, 5.41) is 9.17. The first-order valence-electron chi connectivity index (χ1n) is 5.41. The molecule has 4 nitrogen and oxygen atoms in total. The van der Waals surface area contributed by atoms with Gasteiger partial charge in [-0.05, 0) is 37.1 Å². The SMILES string of the molecule is COC1(Oc2ccc(O)cc2)CCCCO1. The van der Waals surface area contributed by atoms with Crippen molar-refractivity contribution in [3.05, 3.63) is 24.3 Å². The van der Waals surface area contributed by atoms with Crippen molar-refractivity contribution in [3.63, 3.8) is 0 Å². The van der Waals surface area contributed by atoms with Crippen molar-refractivity contribution in [1.82, 2.24) is 0 Å². The van der Waals surface area contributed by atoms with Crippen LogP contribution in [0.4, 0.5) is 0 Å². The molecule has 1 saturated heterocycles. The largest absolute Gasteiger partial charge is 0.508 e. The average molecular weight is 224 g/mol. The van der Waals surface area contributed by atoms with Crippen LogP contribution in [0.25, 0.3) is 0 Å². The van der Waals surface area contributed by atoms with E-state index in [4.69, 9.17) is 19.3 Å². The fourth-order valence-electron chi connectivity index (χ4n) is 1.72. The zero-order valence-corrected chi connectivity index (χ0v) is 9.31. The lowest BCUT2D eigenvalue weighted by Gasteiger charge is -2.35. The number of benzene rings is 1.